The van der Waals surface area contributed by atoms with Crippen molar-refractivity contribution in [2.45, 2.75) is 13.0 Å². The maximum Gasteiger partial charge on any atom is 0.267 e. The van der Waals surface area contributed by atoms with E-state index in [4.69, 9.17) is 0 Å². The Bertz CT molecular complexity index is 479. The Kier molecular flexibility index (Phi) is 3.92. The number of aromatic nitrogens is 4. The Morgan fingerprint density at radius 3 is 3.12 bits per heavy atom. The minimum Gasteiger partial charge on any atom is -0.356 e. The van der Waals surface area contributed by atoms with Crippen molar-refractivity contribution in [2.75, 3.05) is 6.54 Å². The van der Waals surface area contributed by atoms with Crippen molar-refractivity contribution in [1.29, 1.82) is 0 Å². The molecule has 17 heavy (non-hydrogen) atoms. The quantitative estimate of drug-likeness (QED) is 0.814. The number of H-pyrrole nitrogens is 1. The van der Waals surface area contributed by atoms with Crippen LogP contribution in [0.5, 0.6) is 0 Å². The predicted molar refractivity (Wildman–Crippen MR) is 65.5 cm³/mol. The van der Waals surface area contributed by atoms with Crippen molar-refractivity contribution >= 4 is 21.8 Å². The van der Waals surface area contributed by atoms with Gasteiger partial charge in [-0.1, -0.05) is 5.21 Å². The van der Waals surface area contributed by atoms with E-state index in [2.05, 4.69) is 36.5 Å². The van der Waals surface area contributed by atoms with Gasteiger partial charge in [-0.2, -0.15) is 0 Å². The first-order valence-electron chi connectivity index (χ1n) is 5.22. The summed E-state index contributed by atoms with van der Waals surface area (Å²) in [6.07, 6.45) is 5.97. The molecule has 2 N–H and O–H groups in total. The topological polar surface area (TPSA) is 75.6 Å². The molecular weight excluding hydrogens is 286 g/mol. The molecule has 0 aromatic carbocycles. The van der Waals surface area contributed by atoms with Crippen LogP contribution in [-0.4, -0.2) is 32.4 Å². The number of nitrogens with zero attached hydrogens (tertiary/aromatic N) is 3. The van der Waals surface area contributed by atoms with Crippen LogP contribution in [0.2, 0.25) is 0 Å². The average Bonchev–Trinajstić information content (AvgIpc) is 2.95. The van der Waals surface area contributed by atoms with Crippen LogP contribution in [0.4, 0.5) is 0 Å². The number of nitrogens with one attached hydrogen (secondary N) is 2. The van der Waals surface area contributed by atoms with E-state index in [9.17, 15) is 4.79 Å². The fourth-order valence-corrected chi connectivity index (χ4v) is 1.73. The molecule has 0 saturated heterocycles. The fraction of sp³-hybridized carbons (Fsp3) is 0.300. The van der Waals surface area contributed by atoms with E-state index < -0.39 is 0 Å². The van der Waals surface area contributed by atoms with Crippen molar-refractivity contribution in [2.24, 2.45) is 0 Å². The Hall–Kier alpha value is -1.63. The molecule has 2 rings (SSSR count). The molecule has 6 nitrogen and oxygen atoms in total. The van der Waals surface area contributed by atoms with Crippen molar-refractivity contribution in [1.82, 2.24) is 25.3 Å². The second-order valence-electron chi connectivity index (χ2n) is 3.51. The van der Waals surface area contributed by atoms with Crippen LogP contribution in [0.3, 0.4) is 0 Å². The van der Waals surface area contributed by atoms with E-state index in [1.807, 2.05) is 0 Å². The standard InChI is InChI=1S/C10H12BrN5O/c11-8-6-9(13-7-8)10(17)12-2-1-4-16-5-3-14-15-16/h3,5-7,13H,1-2,4H2,(H,12,17). The first kappa shape index (κ1) is 11.8. The molecule has 1 amide bonds. The fourth-order valence-electron chi connectivity index (χ4n) is 1.39. The summed E-state index contributed by atoms with van der Waals surface area (Å²) in [5.74, 6) is -0.103. The van der Waals surface area contributed by atoms with E-state index in [-0.39, 0.29) is 5.91 Å². The third-order valence-electron chi connectivity index (χ3n) is 2.21. The lowest BCUT2D eigenvalue weighted by atomic mass is 10.3. The molecule has 0 saturated carbocycles. The zero-order valence-electron chi connectivity index (χ0n) is 9.06. The van der Waals surface area contributed by atoms with Crippen molar-refractivity contribution in [3.8, 4) is 0 Å². The summed E-state index contributed by atoms with van der Waals surface area (Å²) in [4.78, 5) is 14.5. The van der Waals surface area contributed by atoms with Crippen LogP contribution in [0.1, 0.15) is 16.9 Å². The summed E-state index contributed by atoms with van der Waals surface area (Å²) >= 11 is 3.28. The molecule has 0 radical (unpaired) electrons. The Labute approximate surface area is 107 Å². The highest BCUT2D eigenvalue weighted by atomic mass is 79.9. The molecule has 7 heteroatoms. The van der Waals surface area contributed by atoms with Gasteiger partial charge in [-0.3, -0.25) is 9.48 Å². The number of aryl methyl sites for hydroxylation is 1. The molecule has 0 aliphatic rings. The highest BCUT2D eigenvalue weighted by Crippen LogP contribution is 2.10. The number of aromatic amines is 1. The molecule has 2 aromatic rings. The number of rotatable bonds is 5. The lowest BCUT2D eigenvalue weighted by Gasteiger charge is -2.03. The number of halogens is 1. The Balaban J connectivity index is 1.70. The maximum absolute atomic E-state index is 11.6. The third-order valence-corrected chi connectivity index (χ3v) is 2.67. The molecule has 0 atom stereocenters. The third kappa shape index (κ3) is 3.42. The molecule has 0 bridgehead atoms. The number of carbonyl (C=O) groups is 1. The summed E-state index contributed by atoms with van der Waals surface area (Å²) in [5, 5.41) is 10.4. The molecule has 0 spiro atoms. The summed E-state index contributed by atoms with van der Waals surface area (Å²) in [6, 6.07) is 1.74. The number of amides is 1. The van der Waals surface area contributed by atoms with Crippen molar-refractivity contribution in [3.05, 3.63) is 34.8 Å². The lowest BCUT2D eigenvalue weighted by molar-refractivity contribution is 0.0948. The van der Waals surface area contributed by atoms with Gasteiger partial charge in [-0.25, -0.2) is 0 Å². The molecule has 2 aromatic heterocycles. The summed E-state index contributed by atoms with van der Waals surface area (Å²) < 4.78 is 2.60. The molecule has 0 aliphatic heterocycles. The highest BCUT2D eigenvalue weighted by molar-refractivity contribution is 9.10. The minimum atomic E-state index is -0.103. The summed E-state index contributed by atoms with van der Waals surface area (Å²) in [7, 11) is 0. The van der Waals surface area contributed by atoms with Crippen LogP contribution >= 0.6 is 15.9 Å². The van der Waals surface area contributed by atoms with Crippen LogP contribution in [0.15, 0.2) is 29.1 Å². The van der Waals surface area contributed by atoms with Crippen LogP contribution in [0, 0.1) is 0 Å². The van der Waals surface area contributed by atoms with Gasteiger partial charge in [0.25, 0.3) is 5.91 Å². The first-order valence-corrected chi connectivity index (χ1v) is 6.01. The van der Waals surface area contributed by atoms with Gasteiger partial charge >= 0.3 is 0 Å². The first-order chi connectivity index (χ1) is 8.25. The monoisotopic (exact) mass is 297 g/mol. The molecule has 0 aliphatic carbocycles. The minimum absolute atomic E-state index is 0.103. The lowest BCUT2D eigenvalue weighted by Crippen LogP contribution is -2.25. The van der Waals surface area contributed by atoms with Crippen LogP contribution in [-0.2, 0) is 6.54 Å². The van der Waals surface area contributed by atoms with E-state index in [1.165, 1.54) is 0 Å². The molecule has 0 unspecified atom stereocenters. The van der Waals surface area contributed by atoms with Crippen molar-refractivity contribution in [3.63, 3.8) is 0 Å². The van der Waals surface area contributed by atoms with Gasteiger partial charge in [-0.15, -0.1) is 5.10 Å². The van der Waals surface area contributed by atoms with Gasteiger partial charge < -0.3 is 10.3 Å². The summed E-state index contributed by atoms with van der Waals surface area (Å²) in [6.45, 7) is 1.35. The number of carbonyl (C=O) groups excluding carboxylic acids is 1. The van der Waals surface area contributed by atoms with Gasteiger partial charge in [0, 0.05) is 30.0 Å². The van der Waals surface area contributed by atoms with Crippen LogP contribution < -0.4 is 5.32 Å². The Morgan fingerprint density at radius 2 is 2.47 bits per heavy atom. The molecule has 90 valence electrons. The largest absolute Gasteiger partial charge is 0.356 e. The van der Waals surface area contributed by atoms with Gasteiger partial charge in [0.2, 0.25) is 0 Å². The zero-order chi connectivity index (χ0) is 12.1. The van der Waals surface area contributed by atoms with E-state index in [0.717, 1.165) is 17.4 Å². The second-order valence-corrected chi connectivity index (χ2v) is 4.42. The molecule has 0 fully saturated rings. The van der Waals surface area contributed by atoms with Gasteiger partial charge in [0.15, 0.2) is 0 Å². The van der Waals surface area contributed by atoms with Crippen LogP contribution in [0.25, 0.3) is 0 Å². The highest BCUT2D eigenvalue weighted by Gasteiger charge is 2.06. The number of hydrogen-bond donors (Lipinski definition) is 2. The average molecular weight is 298 g/mol. The van der Waals surface area contributed by atoms with Crippen molar-refractivity contribution < 1.29 is 4.79 Å². The molecular formula is C10H12BrN5O. The zero-order valence-corrected chi connectivity index (χ0v) is 10.6. The smallest absolute Gasteiger partial charge is 0.267 e. The maximum atomic E-state index is 11.6. The number of hydrogen-bond acceptors (Lipinski definition) is 3. The summed E-state index contributed by atoms with van der Waals surface area (Å²) in [5.41, 5.74) is 0.553. The van der Waals surface area contributed by atoms with Gasteiger partial charge in [-0.05, 0) is 28.4 Å². The normalized spacial score (nSPS) is 10.4. The van der Waals surface area contributed by atoms with Gasteiger partial charge in [0.05, 0.1) is 6.20 Å². The molecule has 2 heterocycles. The second kappa shape index (κ2) is 5.62. The van der Waals surface area contributed by atoms with E-state index in [0.29, 0.717) is 12.2 Å². The Morgan fingerprint density at radius 1 is 1.59 bits per heavy atom. The van der Waals surface area contributed by atoms with Gasteiger partial charge in [0.1, 0.15) is 5.69 Å². The van der Waals surface area contributed by atoms with E-state index >= 15 is 0 Å². The SMILES string of the molecule is O=C(NCCCn1ccnn1)c1cc(Br)c[nH]1. The van der Waals surface area contributed by atoms with E-state index in [1.54, 1.807) is 29.3 Å². The predicted octanol–water partition coefficient (Wildman–Crippen LogP) is 1.19.